The van der Waals surface area contributed by atoms with E-state index in [1.807, 2.05) is 13.8 Å². The quantitative estimate of drug-likeness (QED) is 0.840. The Hall–Kier alpha value is -1.84. The fourth-order valence-corrected chi connectivity index (χ4v) is 1.88. The van der Waals surface area contributed by atoms with Crippen LogP contribution in [0.3, 0.4) is 0 Å². The van der Waals surface area contributed by atoms with Crippen molar-refractivity contribution in [3.63, 3.8) is 0 Å². The van der Waals surface area contributed by atoms with E-state index < -0.39 is 0 Å². The summed E-state index contributed by atoms with van der Waals surface area (Å²) in [5.41, 5.74) is 5.09. The first-order valence-corrected chi connectivity index (χ1v) is 6.63. The molecular weight excluding hydrogens is 236 g/mol. The van der Waals surface area contributed by atoms with Gasteiger partial charge in [0, 0.05) is 0 Å². The number of allylic oxidation sites excluding steroid dienone is 1. The summed E-state index contributed by atoms with van der Waals surface area (Å²) in [5.74, 6) is 0.653. The average Bonchev–Trinajstić information content (AvgIpc) is 2.36. The second kappa shape index (κ2) is 5.43. The standard InChI is InChI=1S/C15H20N4/c1-9(2)6-7-10(3)13-14-15(17-8-16-13)19-12(5)11(4)18-14/h8-9H,3,6-7H2,1-2,4-5H3. The Bertz CT molecular complexity index is 617. The van der Waals surface area contributed by atoms with Gasteiger partial charge in [-0.15, -0.1) is 0 Å². The lowest BCUT2D eigenvalue weighted by atomic mass is 10.0. The molecule has 2 aromatic rings. The lowest BCUT2D eigenvalue weighted by Crippen LogP contribution is -2.01. The summed E-state index contributed by atoms with van der Waals surface area (Å²) in [4.78, 5) is 17.6. The summed E-state index contributed by atoms with van der Waals surface area (Å²) in [6.07, 6.45) is 3.57. The van der Waals surface area contributed by atoms with E-state index in [4.69, 9.17) is 0 Å². The molecule has 0 aromatic carbocycles. The molecule has 0 aliphatic rings. The minimum atomic E-state index is 0.652. The van der Waals surface area contributed by atoms with Gasteiger partial charge in [-0.3, -0.25) is 0 Å². The molecular formula is C15H20N4. The fourth-order valence-electron chi connectivity index (χ4n) is 1.88. The van der Waals surface area contributed by atoms with Crippen molar-refractivity contribution in [2.75, 3.05) is 0 Å². The molecule has 0 bridgehead atoms. The van der Waals surface area contributed by atoms with Gasteiger partial charge in [0.2, 0.25) is 0 Å². The van der Waals surface area contributed by atoms with Crippen molar-refractivity contribution in [3.05, 3.63) is 30.0 Å². The summed E-state index contributed by atoms with van der Waals surface area (Å²) in [6, 6.07) is 0. The zero-order valence-corrected chi connectivity index (χ0v) is 12.1. The molecule has 0 radical (unpaired) electrons. The lowest BCUT2D eigenvalue weighted by molar-refractivity contribution is 0.599. The highest BCUT2D eigenvalue weighted by atomic mass is 15.0. The van der Waals surface area contributed by atoms with Gasteiger partial charge < -0.3 is 0 Å². The van der Waals surface area contributed by atoms with E-state index in [0.717, 1.165) is 41.0 Å². The number of rotatable bonds is 4. The summed E-state index contributed by atoms with van der Waals surface area (Å²) in [7, 11) is 0. The molecule has 2 heterocycles. The topological polar surface area (TPSA) is 51.6 Å². The Kier molecular flexibility index (Phi) is 3.88. The monoisotopic (exact) mass is 256 g/mol. The SMILES string of the molecule is C=C(CCC(C)C)c1ncnc2nc(C)c(C)nc12. The van der Waals surface area contributed by atoms with Crippen LogP contribution in [0, 0.1) is 19.8 Å². The van der Waals surface area contributed by atoms with Crippen molar-refractivity contribution >= 4 is 16.7 Å². The van der Waals surface area contributed by atoms with Crippen LogP contribution in [-0.4, -0.2) is 19.9 Å². The highest BCUT2D eigenvalue weighted by Crippen LogP contribution is 2.23. The molecule has 0 N–H and O–H groups in total. The highest BCUT2D eigenvalue weighted by molar-refractivity contribution is 5.83. The van der Waals surface area contributed by atoms with E-state index in [9.17, 15) is 0 Å². The molecule has 4 nitrogen and oxygen atoms in total. The first-order valence-electron chi connectivity index (χ1n) is 6.63. The second-order valence-electron chi connectivity index (χ2n) is 5.32. The molecule has 0 atom stereocenters. The van der Waals surface area contributed by atoms with E-state index in [1.54, 1.807) is 6.33 Å². The van der Waals surface area contributed by atoms with E-state index >= 15 is 0 Å². The van der Waals surface area contributed by atoms with Gasteiger partial charge in [-0.1, -0.05) is 20.4 Å². The minimum absolute atomic E-state index is 0.652. The Labute approximate surface area is 114 Å². The number of nitrogens with zero attached hydrogens (tertiary/aromatic N) is 4. The van der Waals surface area contributed by atoms with Crippen LogP contribution in [0.25, 0.3) is 16.7 Å². The molecule has 100 valence electrons. The van der Waals surface area contributed by atoms with Crippen LogP contribution in [0.4, 0.5) is 0 Å². The summed E-state index contributed by atoms with van der Waals surface area (Å²) >= 11 is 0. The smallest absolute Gasteiger partial charge is 0.182 e. The van der Waals surface area contributed by atoms with Crippen molar-refractivity contribution in [3.8, 4) is 0 Å². The normalized spacial score (nSPS) is 11.2. The van der Waals surface area contributed by atoms with Gasteiger partial charge in [-0.2, -0.15) is 0 Å². The van der Waals surface area contributed by atoms with Crippen molar-refractivity contribution in [2.24, 2.45) is 5.92 Å². The molecule has 0 aliphatic carbocycles. The third-order valence-electron chi connectivity index (χ3n) is 3.24. The van der Waals surface area contributed by atoms with Crippen LogP contribution >= 0.6 is 0 Å². The molecule has 4 heteroatoms. The molecule has 0 unspecified atom stereocenters. The molecule has 0 amide bonds. The Morgan fingerprint density at radius 1 is 1.16 bits per heavy atom. The van der Waals surface area contributed by atoms with Gasteiger partial charge in [-0.05, 0) is 38.2 Å². The third-order valence-corrected chi connectivity index (χ3v) is 3.24. The van der Waals surface area contributed by atoms with Gasteiger partial charge in [0.05, 0.1) is 17.1 Å². The van der Waals surface area contributed by atoms with Crippen LogP contribution in [0.15, 0.2) is 12.9 Å². The van der Waals surface area contributed by atoms with Gasteiger partial charge in [-0.25, -0.2) is 19.9 Å². The van der Waals surface area contributed by atoms with Crippen molar-refractivity contribution in [1.82, 2.24) is 19.9 Å². The molecule has 2 rings (SSSR count). The van der Waals surface area contributed by atoms with E-state index in [-0.39, 0.29) is 0 Å². The number of hydrogen-bond donors (Lipinski definition) is 0. The van der Waals surface area contributed by atoms with Crippen LogP contribution in [0.5, 0.6) is 0 Å². The van der Waals surface area contributed by atoms with Gasteiger partial charge >= 0.3 is 0 Å². The predicted molar refractivity (Wildman–Crippen MR) is 77.7 cm³/mol. The fraction of sp³-hybridized carbons (Fsp3) is 0.467. The van der Waals surface area contributed by atoms with Crippen molar-refractivity contribution in [1.29, 1.82) is 0 Å². The van der Waals surface area contributed by atoms with E-state index in [2.05, 4.69) is 40.4 Å². The molecule has 19 heavy (non-hydrogen) atoms. The summed E-state index contributed by atoms with van der Waals surface area (Å²) in [5, 5.41) is 0. The third kappa shape index (κ3) is 2.95. The van der Waals surface area contributed by atoms with Crippen LogP contribution in [0.1, 0.15) is 43.8 Å². The van der Waals surface area contributed by atoms with Gasteiger partial charge in [0.1, 0.15) is 11.8 Å². The zero-order valence-electron chi connectivity index (χ0n) is 12.1. The maximum atomic E-state index is 4.57. The summed E-state index contributed by atoms with van der Waals surface area (Å²) < 4.78 is 0. The maximum Gasteiger partial charge on any atom is 0.182 e. The number of aryl methyl sites for hydroxylation is 2. The molecule has 0 spiro atoms. The molecule has 0 saturated heterocycles. The molecule has 0 fully saturated rings. The highest BCUT2D eigenvalue weighted by Gasteiger charge is 2.11. The second-order valence-corrected chi connectivity index (χ2v) is 5.32. The lowest BCUT2D eigenvalue weighted by Gasteiger charge is -2.10. The Morgan fingerprint density at radius 3 is 2.53 bits per heavy atom. The van der Waals surface area contributed by atoms with Gasteiger partial charge in [0.25, 0.3) is 0 Å². The number of fused-ring (bicyclic) bond motifs is 1. The van der Waals surface area contributed by atoms with E-state index in [0.29, 0.717) is 11.6 Å². The first-order chi connectivity index (χ1) is 8.99. The Balaban J connectivity index is 2.43. The maximum absolute atomic E-state index is 4.57. The van der Waals surface area contributed by atoms with Crippen molar-refractivity contribution < 1.29 is 0 Å². The van der Waals surface area contributed by atoms with Gasteiger partial charge in [0.15, 0.2) is 5.65 Å². The van der Waals surface area contributed by atoms with E-state index in [1.165, 1.54) is 0 Å². The predicted octanol–water partition coefficient (Wildman–Crippen LogP) is 3.49. The molecule has 2 aromatic heterocycles. The average molecular weight is 256 g/mol. The minimum Gasteiger partial charge on any atom is -0.246 e. The molecule has 0 saturated carbocycles. The first kappa shape index (κ1) is 13.6. The Morgan fingerprint density at radius 2 is 1.84 bits per heavy atom. The summed E-state index contributed by atoms with van der Waals surface area (Å²) in [6.45, 7) is 12.5. The van der Waals surface area contributed by atoms with Crippen LogP contribution in [0.2, 0.25) is 0 Å². The number of hydrogen-bond acceptors (Lipinski definition) is 4. The van der Waals surface area contributed by atoms with Crippen molar-refractivity contribution in [2.45, 2.75) is 40.5 Å². The molecule has 0 aliphatic heterocycles. The van der Waals surface area contributed by atoms with Crippen LogP contribution in [-0.2, 0) is 0 Å². The largest absolute Gasteiger partial charge is 0.246 e. The number of aromatic nitrogens is 4. The van der Waals surface area contributed by atoms with Crippen LogP contribution < -0.4 is 0 Å². The zero-order chi connectivity index (χ0) is 14.0.